The zero-order chi connectivity index (χ0) is 12.8. The van der Waals surface area contributed by atoms with Gasteiger partial charge in [-0.1, -0.05) is 27.5 Å². The second kappa shape index (κ2) is 6.96. The van der Waals surface area contributed by atoms with Gasteiger partial charge in [-0.05, 0) is 18.2 Å². The number of carbonyl (C=O) groups excluding carboxylic acids is 1. The molecular weight excluding hydrogens is 309 g/mol. The number of nitrogens with zero attached hydrogens (tertiary/aromatic N) is 1. The summed E-state index contributed by atoms with van der Waals surface area (Å²) in [4.78, 5) is 13.4. The molecule has 1 amide bonds. The van der Waals surface area contributed by atoms with E-state index in [2.05, 4.69) is 15.9 Å². The lowest BCUT2D eigenvalue weighted by atomic mass is 10.2. The number of amides is 1. The standard InChI is InChI=1S/C11H13BrClNO3/c12-8-1-2-9(10(13)7-8)11(17)14(3-5-15)4-6-16/h1-2,7,15-16H,3-6H2. The fourth-order valence-electron chi connectivity index (χ4n) is 1.39. The van der Waals surface area contributed by atoms with Gasteiger partial charge in [-0.2, -0.15) is 0 Å². The zero-order valence-corrected chi connectivity index (χ0v) is 11.4. The van der Waals surface area contributed by atoms with Crippen LogP contribution in [0.2, 0.25) is 5.02 Å². The van der Waals surface area contributed by atoms with E-state index in [1.54, 1.807) is 18.2 Å². The Morgan fingerprint density at radius 1 is 1.29 bits per heavy atom. The van der Waals surface area contributed by atoms with E-state index < -0.39 is 0 Å². The van der Waals surface area contributed by atoms with Gasteiger partial charge < -0.3 is 15.1 Å². The summed E-state index contributed by atoms with van der Waals surface area (Å²) in [5.41, 5.74) is 0.358. The molecule has 6 heteroatoms. The Morgan fingerprint density at radius 3 is 2.35 bits per heavy atom. The molecule has 0 saturated carbocycles. The number of halogens is 2. The van der Waals surface area contributed by atoms with Crippen molar-refractivity contribution in [3.63, 3.8) is 0 Å². The van der Waals surface area contributed by atoms with Crippen molar-refractivity contribution < 1.29 is 15.0 Å². The molecule has 0 aliphatic rings. The van der Waals surface area contributed by atoms with Crippen molar-refractivity contribution in [2.24, 2.45) is 0 Å². The number of benzene rings is 1. The molecule has 4 nitrogen and oxygen atoms in total. The fraction of sp³-hybridized carbons (Fsp3) is 0.364. The van der Waals surface area contributed by atoms with Crippen molar-refractivity contribution in [3.05, 3.63) is 33.3 Å². The molecule has 2 N–H and O–H groups in total. The first-order chi connectivity index (χ1) is 8.10. The van der Waals surface area contributed by atoms with Crippen molar-refractivity contribution in [2.45, 2.75) is 0 Å². The van der Waals surface area contributed by atoms with E-state index in [0.29, 0.717) is 10.6 Å². The quantitative estimate of drug-likeness (QED) is 0.864. The molecule has 0 aliphatic carbocycles. The third-order valence-electron chi connectivity index (χ3n) is 2.19. The number of carbonyl (C=O) groups is 1. The third kappa shape index (κ3) is 3.96. The molecule has 0 heterocycles. The van der Waals surface area contributed by atoms with E-state index in [9.17, 15) is 4.79 Å². The fourth-order valence-corrected chi connectivity index (χ4v) is 2.14. The summed E-state index contributed by atoms with van der Waals surface area (Å²) in [7, 11) is 0. The predicted octanol–water partition coefficient (Wildman–Crippen LogP) is 1.53. The van der Waals surface area contributed by atoms with Crippen LogP contribution in [0.15, 0.2) is 22.7 Å². The van der Waals surface area contributed by atoms with E-state index in [-0.39, 0.29) is 32.2 Å². The van der Waals surface area contributed by atoms with Gasteiger partial charge in [0.05, 0.1) is 23.8 Å². The number of aliphatic hydroxyl groups excluding tert-OH is 2. The van der Waals surface area contributed by atoms with Crippen LogP contribution in [0.5, 0.6) is 0 Å². The number of aliphatic hydroxyl groups is 2. The molecule has 0 saturated heterocycles. The highest BCUT2D eigenvalue weighted by Crippen LogP contribution is 2.22. The maximum absolute atomic E-state index is 12.1. The molecule has 0 aromatic heterocycles. The van der Waals surface area contributed by atoms with Gasteiger partial charge in [0.15, 0.2) is 0 Å². The molecule has 0 aliphatic heterocycles. The van der Waals surface area contributed by atoms with E-state index in [1.807, 2.05) is 0 Å². The molecule has 94 valence electrons. The Morgan fingerprint density at radius 2 is 1.88 bits per heavy atom. The molecule has 0 spiro atoms. The number of hydrogen-bond donors (Lipinski definition) is 2. The first-order valence-corrected chi connectivity index (χ1v) is 6.23. The Bertz CT molecular complexity index is 394. The average Bonchev–Trinajstić information content (AvgIpc) is 2.28. The van der Waals surface area contributed by atoms with Gasteiger partial charge in [-0.15, -0.1) is 0 Å². The Kier molecular flexibility index (Phi) is 5.91. The van der Waals surface area contributed by atoms with Crippen molar-refractivity contribution in [1.29, 1.82) is 0 Å². The van der Waals surface area contributed by atoms with Crippen molar-refractivity contribution in [1.82, 2.24) is 4.90 Å². The number of rotatable bonds is 5. The monoisotopic (exact) mass is 321 g/mol. The van der Waals surface area contributed by atoms with Crippen molar-refractivity contribution in [3.8, 4) is 0 Å². The summed E-state index contributed by atoms with van der Waals surface area (Å²) in [6.45, 7) is 0.0390. The predicted molar refractivity (Wildman–Crippen MR) is 69.2 cm³/mol. The molecule has 0 unspecified atom stereocenters. The molecule has 1 aromatic rings. The Labute approximate surface area is 113 Å². The minimum Gasteiger partial charge on any atom is -0.395 e. The summed E-state index contributed by atoms with van der Waals surface area (Å²) in [5, 5.41) is 18.1. The maximum atomic E-state index is 12.1. The highest BCUT2D eigenvalue weighted by molar-refractivity contribution is 9.10. The summed E-state index contributed by atoms with van der Waals surface area (Å²) < 4.78 is 0.787. The normalized spacial score (nSPS) is 10.4. The molecule has 17 heavy (non-hydrogen) atoms. The smallest absolute Gasteiger partial charge is 0.255 e. The molecule has 0 atom stereocenters. The third-order valence-corrected chi connectivity index (χ3v) is 2.99. The van der Waals surface area contributed by atoms with Gasteiger partial charge in [0, 0.05) is 17.6 Å². The van der Waals surface area contributed by atoms with Crippen LogP contribution in [0.3, 0.4) is 0 Å². The highest BCUT2D eigenvalue weighted by Gasteiger charge is 2.17. The zero-order valence-electron chi connectivity index (χ0n) is 9.07. The summed E-state index contributed by atoms with van der Waals surface area (Å²) in [5.74, 6) is -0.300. The van der Waals surface area contributed by atoms with E-state index >= 15 is 0 Å². The van der Waals surface area contributed by atoms with Crippen LogP contribution in [-0.4, -0.2) is 47.3 Å². The minimum atomic E-state index is -0.300. The molecule has 0 radical (unpaired) electrons. The van der Waals surface area contributed by atoms with Crippen LogP contribution < -0.4 is 0 Å². The molecule has 0 bridgehead atoms. The van der Waals surface area contributed by atoms with E-state index in [4.69, 9.17) is 21.8 Å². The Hall–Kier alpha value is -0.620. The lowest BCUT2D eigenvalue weighted by Gasteiger charge is -2.21. The SMILES string of the molecule is O=C(c1ccc(Br)cc1Cl)N(CCO)CCO. The summed E-state index contributed by atoms with van der Waals surface area (Å²) >= 11 is 9.22. The average molecular weight is 323 g/mol. The first-order valence-electron chi connectivity index (χ1n) is 5.06. The summed E-state index contributed by atoms with van der Waals surface area (Å²) in [6, 6.07) is 4.95. The van der Waals surface area contributed by atoms with Gasteiger partial charge in [-0.25, -0.2) is 0 Å². The first kappa shape index (κ1) is 14.4. The molecule has 1 aromatic carbocycles. The van der Waals surface area contributed by atoms with Crippen molar-refractivity contribution >= 4 is 33.4 Å². The van der Waals surface area contributed by atoms with Crippen LogP contribution in [0.1, 0.15) is 10.4 Å². The Balaban J connectivity index is 2.92. The van der Waals surface area contributed by atoms with E-state index in [1.165, 1.54) is 4.90 Å². The molecular formula is C11H13BrClNO3. The van der Waals surface area contributed by atoms with Gasteiger partial charge >= 0.3 is 0 Å². The van der Waals surface area contributed by atoms with Gasteiger partial charge in [0.25, 0.3) is 5.91 Å². The van der Waals surface area contributed by atoms with Crippen LogP contribution in [0, 0.1) is 0 Å². The topological polar surface area (TPSA) is 60.8 Å². The minimum absolute atomic E-state index is 0.153. The van der Waals surface area contributed by atoms with Crippen LogP contribution in [0.4, 0.5) is 0 Å². The highest BCUT2D eigenvalue weighted by atomic mass is 79.9. The maximum Gasteiger partial charge on any atom is 0.255 e. The van der Waals surface area contributed by atoms with Gasteiger partial charge in [0.2, 0.25) is 0 Å². The van der Waals surface area contributed by atoms with Gasteiger partial charge in [-0.3, -0.25) is 4.79 Å². The summed E-state index contributed by atoms with van der Waals surface area (Å²) in [6.07, 6.45) is 0. The van der Waals surface area contributed by atoms with Crippen LogP contribution >= 0.6 is 27.5 Å². The molecule has 1 rings (SSSR count). The second-order valence-electron chi connectivity index (χ2n) is 3.36. The lowest BCUT2D eigenvalue weighted by Crippen LogP contribution is -2.36. The van der Waals surface area contributed by atoms with Crippen LogP contribution in [0.25, 0.3) is 0 Å². The number of hydrogen-bond acceptors (Lipinski definition) is 3. The van der Waals surface area contributed by atoms with Gasteiger partial charge in [0.1, 0.15) is 0 Å². The molecule has 0 fully saturated rings. The van der Waals surface area contributed by atoms with E-state index in [0.717, 1.165) is 4.47 Å². The van der Waals surface area contributed by atoms with Crippen molar-refractivity contribution in [2.75, 3.05) is 26.3 Å². The lowest BCUT2D eigenvalue weighted by molar-refractivity contribution is 0.0685. The largest absolute Gasteiger partial charge is 0.395 e. The second-order valence-corrected chi connectivity index (χ2v) is 4.69. The van der Waals surface area contributed by atoms with Crippen LogP contribution in [-0.2, 0) is 0 Å².